The maximum atomic E-state index is 11.5. The molecule has 1 N–H and O–H groups in total. The number of hydrogen-bond donors (Lipinski definition) is 1. The molecule has 1 radical (unpaired) electrons. The summed E-state index contributed by atoms with van der Waals surface area (Å²) in [6, 6.07) is 7.11. The zero-order valence-corrected chi connectivity index (χ0v) is 8.27. The van der Waals surface area contributed by atoms with Gasteiger partial charge in [-0.1, -0.05) is 12.1 Å². The Bertz CT molecular complexity index is 273. The smallest absolute Gasteiger partial charge is 0.120 e. The third-order valence-electron chi connectivity index (χ3n) is 1.93. The van der Waals surface area contributed by atoms with Gasteiger partial charge in [-0.25, -0.2) is 5.11 Å². The minimum Gasteiger partial charge on any atom is -0.494 e. The molecule has 1 aromatic rings. The van der Waals surface area contributed by atoms with Crippen LogP contribution in [-0.2, 0) is 5.11 Å². The predicted molar refractivity (Wildman–Crippen MR) is 52.7 cm³/mol. The van der Waals surface area contributed by atoms with Gasteiger partial charge in [-0.3, -0.25) is 0 Å². The minimum atomic E-state index is -0.861. The first kappa shape index (κ1) is 11.0. The van der Waals surface area contributed by atoms with Crippen molar-refractivity contribution in [3.63, 3.8) is 0 Å². The molecule has 0 heterocycles. The highest BCUT2D eigenvalue weighted by atomic mass is 16.5. The van der Waals surface area contributed by atoms with Crippen molar-refractivity contribution in [2.24, 2.45) is 0 Å². The number of rotatable bonds is 5. The van der Waals surface area contributed by atoms with Crippen LogP contribution in [0.1, 0.15) is 25.0 Å². The molecule has 1 unspecified atom stereocenters. The summed E-state index contributed by atoms with van der Waals surface area (Å²) < 4.78 is 5.27. The van der Waals surface area contributed by atoms with Gasteiger partial charge in [-0.2, -0.15) is 0 Å². The Morgan fingerprint density at radius 2 is 2.29 bits per heavy atom. The predicted octanol–water partition coefficient (Wildman–Crippen LogP) is 1.94. The molecule has 0 aliphatic rings. The molecule has 0 aliphatic heterocycles. The lowest BCUT2D eigenvalue weighted by molar-refractivity contribution is 0.0634. The van der Waals surface area contributed by atoms with E-state index >= 15 is 0 Å². The maximum absolute atomic E-state index is 11.5. The van der Waals surface area contributed by atoms with Crippen molar-refractivity contribution in [2.45, 2.75) is 19.4 Å². The van der Waals surface area contributed by atoms with Gasteiger partial charge >= 0.3 is 0 Å². The van der Waals surface area contributed by atoms with E-state index in [1.165, 1.54) is 0 Å². The van der Waals surface area contributed by atoms with Crippen LogP contribution in [0.25, 0.3) is 0 Å². The van der Waals surface area contributed by atoms with Gasteiger partial charge in [0.2, 0.25) is 0 Å². The maximum Gasteiger partial charge on any atom is 0.120 e. The molecule has 1 atom stereocenters. The molecule has 0 saturated heterocycles. The zero-order chi connectivity index (χ0) is 10.4. The lowest BCUT2D eigenvalue weighted by Crippen LogP contribution is -1.99. The standard InChI is InChI=1S/C11H15O3/c1-2-14-10-5-3-4-9(8-10)11(13)6-7-12/h3-5,8,11-12H,2,6-7H2,1H3. The summed E-state index contributed by atoms with van der Waals surface area (Å²) in [5.74, 6) is 0.712. The van der Waals surface area contributed by atoms with Crippen LogP contribution in [0.15, 0.2) is 24.3 Å². The SMILES string of the molecule is CCOc1cccc(C([O])CCO)c1. The van der Waals surface area contributed by atoms with E-state index in [0.717, 1.165) is 0 Å². The molecule has 0 aliphatic carbocycles. The second-order valence-electron chi connectivity index (χ2n) is 3.01. The molecule has 0 fully saturated rings. The van der Waals surface area contributed by atoms with Crippen LogP contribution in [0.2, 0.25) is 0 Å². The first-order valence-corrected chi connectivity index (χ1v) is 4.77. The van der Waals surface area contributed by atoms with Crippen molar-refractivity contribution in [2.75, 3.05) is 13.2 Å². The summed E-state index contributed by atoms with van der Waals surface area (Å²) in [6.07, 6.45) is -0.615. The fraction of sp³-hybridized carbons (Fsp3) is 0.455. The van der Waals surface area contributed by atoms with Crippen molar-refractivity contribution >= 4 is 0 Å². The van der Waals surface area contributed by atoms with Crippen LogP contribution in [0.5, 0.6) is 5.75 Å². The highest BCUT2D eigenvalue weighted by Gasteiger charge is 2.08. The van der Waals surface area contributed by atoms with Crippen LogP contribution >= 0.6 is 0 Å². The Balaban J connectivity index is 2.71. The number of benzene rings is 1. The molecule has 3 heteroatoms. The molecule has 1 aromatic carbocycles. The van der Waals surface area contributed by atoms with E-state index in [0.29, 0.717) is 17.9 Å². The molecule has 0 amide bonds. The Morgan fingerprint density at radius 1 is 1.50 bits per heavy atom. The van der Waals surface area contributed by atoms with Gasteiger partial charge in [0, 0.05) is 13.0 Å². The molecule has 14 heavy (non-hydrogen) atoms. The van der Waals surface area contributed by atoms with Crippen LogP contribution in [-0.4, -0.2) is 18.3 Å². The number of hydrogen-bond acceptors (Lipinski definition) is 2. The monoisotopic (exact) mass is 195 g/mol. The minimum absolute atomic E-state index is 0.0764. The van der Waals surface area contributed by atoms with Gasteiger partial charge in [0.05, 0.1) is 6.61 Å². The van der Waals surface area contributed by atoms with E-state index in [-0.39, 0.29) is 13.0 Å². The van der Waals surface area contributed by atoms with E-state index in [4.69, 9.17) is 9.84 Å². The van der Waals surface area contributed by atoms with Gasteiger partial charge in [0.25, 0.3) is 0 Å². The van der Waals surface area contributed by atoms with E-state index in [9.17, 15) is 5.11 Å². The van der Waals surface area contributed by atoms with Crippen molar-refractivity contribution in [1.29, 1.82) is 0 Å². The van der Waals surface area contributed by atoms with Crippen LogP contribution < -0.4 is 4.74 Å². The molecule has 1 rings (SSSR count). The van der Waals surface area contributed by atoms with Gasteiger partial charge in [0.15, 0.2) is 0 Å². The Morgan fingerprint density at radius 3 is 2.93 bits per heavy atom. The molecule has 0 saturated carbocycles. The van der Waals surface area contributed by atoms with Crippen LogP contribution in [0.4, 0.5) is 0 Å². The third-order valence-corrected chi connectivity index (χ3v) is 1.93. The Hall–Kier alpha value is -1.06. The Labute approximate surface area is 84.0 Å². The summed E-state index contributed by atoms with van der Waals surface area (Å²) >= 11 is 0. The summed E-state index contributed by atoms with van der Waals surface area (Å²) in [7, 11) is 0. The topological polar surface area (TPSA) is 49.4 Å². The summed E-state index contributed by atoms with van der Waals surface area (Å²) in [4.78, 5) is 0. The fourth-order valence-corrected chi connectivity index (χ4v) is 1.26. The zero-order valence-electron chi connectivity index (χ0n) is 8.27. The lowest BCUT2D eigenvalue weighted by Gasteiger charge is -2.09. The normalized spacial score (nSPS) is 12.5. The van der Waals surface area contributed by atoms with Gasteiger partial charge in [0.1, 0.15) is 11.9 Å². The molecular weight excluding hydrogens is 180 g/mol. The summed E-state index contributed by atoms with van der Waals surface area (Å²) in [5, 5.41) is 20.1. The number of aliphatic hydroxyl groups is 1. The third kappa shape index (κ3) is 3.01. The molecule has 77 valence electrons. The second kappa shape index (κ2) is 5.62. The van der Waals surface area contributed by atoms with Crippen LogP contribution in [0, 0.1) is 0 Å². The average molecular weight is 195 g/mol. The average Bonchev–Trinajstić information content (AvgIpc) is 2.19. The molecule has 0 aromatic heterocycles. The summed E-state index contributed by atoms with van der Waals surface area (Å²) in [5.41, 5.74) is 0.671. The van der Waals surface area contributed by atoms with Gasteiger partial charge in [-0.05, 0) is 24.6 Å². The van der Waals surface area contributed by atoms with Crippen LogP contribution in [0.3, 0.4) is 0 Å². The fourth-order valence-electron chi connectivity index (χ4n) is 1.26. The molecule has 0 bridgehead atoms. The first-order valence-electron chi connectivity index (χ1n) is 4.77. The van der Waals surface area contributed by atoms with Crippen molar-refractivity contribution < 1.29 is 14.9 Å². The first-order chi connectivity index (χ1) is 6.77. The molecule has 3 nitrogen and oxygen atoms in total. The second-order valence-corrected chi connectivity index (χ2v) is 3.01. The molecular formula is C11H15O3. The highest BCUT2D eigenvalue weighted by Crippen LogP contribution is 2.21. The molecule has 0 spiro atoms. The van der Waals surface area contributed by atoms with Gasteiger partial charge in [-0.15, -0.1) is 0 Å². The quantitative estimate of drug-likeness (QED) is 0.780. The van der Waals surface area contributed by atoms with E-state index < -0.39 is 6.10 Å². The van der Waals surface area contributed by atoms with E-state index in [1.54, 1.807) is 18.2 Å². The van der Waals surface area contributed by atoms with Crippen molar-refractivity contribution in [3.8, 4) is 5.75 Å². The number of ether oxygens (including phenoxy) is 1. The van der Waals surface area contributed by atoms with E-state index in [1.807, 2.05) is 13.0 Å². The number of aliphatic hydroxyl groups excluding tert-OH is 1. The lowest BCUT2D eigenvalue weighted by atomic mass is 10.1. The Kier molecular flexibility index (Phi) is 4.43. The van der Waals surface area contributed by atoms with Crippen molar-refractivity contribution in [3.05, 3.63) is 29.8 Å². The highest BCUT2D eigenvalue weighted by molar-refractivity contribution is 5.29. The summed E-state index contributed by atoms with van der Waals surface area (Å²) in [6.45, 7) is 2.41. The largest absolute Gasteiger partial charge is 0.494 e. The van der Waals surface area contributed by atoms with E-state index in [2.05, 4.69) is 0 Å². The van der Waals surface area contributed by atoms with Crippen molar-refractivity contribution in [1.82, 2.24) is 0 Å². The van der Waals surface area contributed by atoms with Gasteiger partial charge < -0.3 is 9.84 Å².